The van der Waals surface area contributed by atoms with Gasteiger partial charge >= 0.3 is 153 Å². The first-order valence-electron chi connectivity index (χ1n) is 8.63. The van der Waals surface area contributed by atoms with Gasteiger partial charge in [0.25, 0.3) is 0 Å². The zero-order valence-electron chi connectivity index (χ0n) is 15.0. The third-order valence-corrected chi connectivity index (χ3v) is 14.8. The Hall–Kier alpha value is -1.35. The van der Waals surface area contributed by atoms with Gasteiger partial charge in [-0.2, -0.15) is 0 Å². The first-order chi connectivity index (χ1) is 11.5. The SMILES string of the molecule is CC1=[C]([Ti]([O]c2cc(C)cc(-c3ccccc3)c2)[SiH](C)C)CC=C1. The van der Waals surface area contributed by atoms with Crippen molar-refractivity contribution in [3.8, 4) is 16.9 Å². The fraction of sp³-hybridized carbons (Fsp3) is 0.238. The van der Waals surface area contributed by atoms with Crippen LogP contribution < -0.4 is 3.32 Å². The van der Waals surface area contributed by atoms with Crippen LogP contribution >= 0.6 is 0 Å². The van der Waals surface area contributed by atoms with Crippen molar-refractivity contribution >= 4 is 6.66 Å². The molecular formula is C21H25OSiTi. The summed E-state index contributed by atoms with van der Waals surface area (Å²) in [5.41, 5.74) is 5.24. The molecule has 0 atom stereocenters. The summed E-state index contributed by atoms with van der Waals surface area (Å²) in [6, 6.07) is 17.3. The van der Waals surface area contributed by atoms with E-state index in [0.717, 1.165) is 12.2 Å². The van der Waals surface area contributed by atoms with Crippen LogP contribution in [0.15, 0.2) is 70.1 Å². The molecule has 0 aliphatic heterocycles. The van der Waals surface area contributed by atoms with Crippen molar-refractivity contribution in [1.82, 2.24) is 0 Å². The van der Waals surface area contributed by atoms with E-state index in [1.807, 2.05) is 0 Å². The average Bonchev–Trinajstić information content (AvgIpc) is 2.98. The molecule has 0 unspecified atom stereocenters. The monoisotopic (exact) mass is 369 g/mol. The van der Waals surface area contributed by atoms with E-state index in [4.69, 9.17) is 3.32 Å². The van der Waals surface area contributed by atoms with Gasteiger partial charge in [0.2, 0.25) is 0 Å². The number of hydrogen-bond donors (Lipinski definition) is 0. The van der Waals surface area contributed by atoms with E-state index in [1.54, 1.807) is 3.88 Å². The van der Waals surface area contributed by atoms with Crippen LogP contribution in [0.4, 0.5) is 0 Å². The molecule has 1 aliphatic carbocycles. The molecule has 0 fully saturated rings. The fourth-order valence-corrected chi connectivity index (χ4v) is 12.5. The molecule has 24 heavy (non-hydrogen) atoms. The number of rotatable bonds is 5. The van der Waals surface area contributed by atoms with Gasteiger partial charge in [0.05, 0.1) is 0 Å². The van der Waals surface area contributed by atoms with Gasteiger partial charge in [-0.15, -0.1) is 0 Å². The van der Waals surface area contributed by atoms with Crippen molar-refractivity contribution in [3.63, 3.8) is 0 Å². The van der Waals surface area contributed by atoms with Crippen LogP contribution in [-0.2, 0) is 17.5 Å². The summed E-state index contributed by atoms with van der Waals surface area (Å²) in [4.78, 5) is 0. The predicted octanol–water partition coefficient (Wildman–Crippen LogP) is 5.79. The van der Waals surface area contributed by atoms with Crippen LogP contribution in [0.3, 0.4) is 0 Å². The third kappa shape index (κ3) is 4.00. The van der Waals surface area contributed by atoms with E-state index < -0.39 is 24.2 Å². The van der Waals surface area contributed by atoms with Crippen LogP contribution in [0, 0.1) is 6.92 Å². The van der Waals surface area contributed by atoms with Crippen LogP contribution in [0.25, 0.3) is 11.1 Å². The maximum atomic E-state index is 6.70. The molecule has 0 spiro atoms. The van der Waals surface area contributed by atoms with Crippen molar-refractivity contribution in [2.24, 2.45) is 0 Å². The summed E-state index contributed by atoms with van der Waals surface area (Å²) in [5.74, 6) is 1.07. The summed E-state index contributed by atoms with van der Waals surface area (Å²) in [7, 11) is 0. The molecule has 123 valence electrons. The van der Waals surface area contributed by atoms with Crippen LogP contribution in [0.5, 0.6) is 5.75 Å². The second-order valence-corrected chi connectivity index (χ2v) is 19.1. The fourth-order valence-electron chi connectivity index (χ4n) is 3.17. The Balaban J connectivity index is 1.92. The predicted molar refractivity (Wildman–Crippen MR) is 103 cm³/mol. The summed E-state index contributed by atoms with van der Waals surface area (Å²) < 4.78 is 8.34. The van der Waals surface area contributed by atoms with Crippen LogP contribution in [0.1, 0.15) is 18.9 Å². The van der Waals surface area contributed by atoms with Gasteiger partial charge in [0, 0.05) is 0 Å². The van der Waals surface area contributed by atoms with Gasteiger partial charge in [0.15, 0.2) is 0 Å². The van der Waals surface area contributed by atoms with Gasteiger partial charge in [-0.1, -0.05) is 0 Å². The minimum absolute atomic E-state index is 0.805. The van der Waals surface area contributed by atoms with Crippen LogP contribution in [0.2, 0.25) is 13.1 Å². The second kappa shape index (κ2) is 7.69. The normalized spacial score (nSPS) is 13.7. The van der Waals surface area contributed by atoms with E-state index in [9.17, 15) is 0 Å². The molecular weight excluding hydrogens is 344 g/mol. The van der Waals surface area contributed by atoms with E-state index in [1.165, 1.54) is 22.3 Å². The van der Waals surface area contributed by atoms with E-state index in [2.05, 4.69) is 87.6 Å². The van der Waals surface area contributed by atoms with Crippen molar-refractivity contribution in [2.45, 2.75) is 33.4 Å². The zero-order valence-corrected chi connectivity index (χ0v) is 17.7. The summed E-state index contributed by atoms with van der Waals surface area (Å²) in [6.07, 6.45) is 5.68. The third-order valence-electron chi connectivity index (χ3n) is 4.37. The average molecular weight is 369 g/mol. The van der Waals surface area contributed by atoms with Crippen molar-refractivity contribution < 1.29 is 20.8 Å². The molecule has 0 amide bonds. The molecule has 0 radical (unpaired) electrons. The van der Waals surface area contributed by atoms with Gasteiger partial charge in [-0.25, -0.2) is 0 Å². The maximum absolute atomic E-state index is 6.70. The Bertz CT molecular complexity index is 778. The Morgan fingerprint density at radius 1 is 0.958 bits per heavy atom. The molecule has 0 saturated carbocycles. The Morgan fingerprint density at radius 2 is 1.71 bits per heavy atom. The summed E-state index contributed by atoms with van der Waals surface area (Å²) >= 11 is -1.64. The topological polar surface area (TPSA) is 9.23 Å². The molecule has 0 saturated heterocycles. The van der Waals surface area contributed by atoms with E-state index in [0.29, 0.717) is 0 Å². The van der Waals surface area contributed by atoms with Gasteiger partial charge in [-0.3, -0.25) is 0 Å². The van der Waals surface area contributed by atoms with Crippen LogP contribution in [-0.4, -0.2) is 6.66 Å². The van der Waals surface area contributed by atoms with Crippen molar-refractivity contribution in [3.05, 3.63) is 75.7 Å². The number of aryl methyl sites for hydroxylation is 1. The van der Waals surface area contributed by atoms with E-state index in [-0.39, 0.29) is 0 Å². The van der Waals surface area contributed by atoms with Gasteiger partial charge in [0.1, 0.15) is 0 Å². The molecule has 0 bridgehead atoms. The molecule has 0 aromatic heterocycles. The molecule has 0 heterocycles. The number of benzene rings is 2. The minimum atomic E-state index is -1.64. The molecule has 3 heteroatoms. The first-order valence-corrected chi connectivity index (χ1v) is 15.6. The first kappa shape index (κ1) is 17.5. The molecule has 2 aromatic carbocycles. The molecule has 1 aliphatic rings. The van der Waals surface area contributed by atoms with Gasteiger partial charge in [-0.05, 0) is 0 Å². The second-order valence-electron chi connectivity index (χ2n) is 6.79. The van der Waals surface area contributed by atoms with Gasteiger partial charge < -0.3 is 0 Å². The van der Waals surface area contributed by atoms with Crippen molar-refractivity contribution in [2.75, 3.05) is 0 Å². The zero-order chi connectivity index (χ0) is 17.1. The Morgan fingerprint density at radius 3 is 2.33 bits per heavy atom. The molecule has 0 N–H and O–H groups in total. The molecule has 3 rings (SSSR count). The standard InChI is InChI=1S/C13H12O.C6H7.C2H7Si.Ti/c1-10-7-12(9-13(14)8-10)11-5-3-2-4-6-11;1-6-4-2-3-5-6;1-3-2;/h2-9,14H,1H3;2,4H,3H2,1H3;3H,1-2H3;/q;;;+1/p-1. The van der Waals surface area contributed by atoms with Crippen molar-refractivity contribution in [1.29, 1.82) is 0 Å². The molecule has 1 nitrogen and oxygen atoms in total. The Labute approximate surface area is 153 Å². The number of hydrogen-bond acceptors (Lipinski definition) is 1. The Kier molecular flexibility index (Phi) is 5.60. The summed E-state index contributed by atoms with van der Waals surface area (Å²) in [6.45, 7) is 8.49. The molecule has 2 aromatic rings. The summed E-state index contributed by atoms with van der Waals surface area (Å²) in [5, 5.41) is 0. The quantitative estimate of drug-likeness (QED) is 0.606. The number of allylic oxidation sites excluding steroid dienone is 4. The van der Waals surface area contributed by atoms with E-state index >= 15 is 0 Å².